The average Bonchev–Trinajstić information content (AvgIpc) is 1.59. The lowest BCUT2D eigenvalue weighted by atomic mass is 9.94. The van der Waals surface area contributed by atoms with Crippen LogP contribution < -0.4 is 0 Å². The van der Waals surface area contributed by atoms with Gasteiger partial charge in [-0.05, 0) is 251 Å². The summed E-state index contributed by atoms with van der Waals surface area (Å²) in [7, 11) is 0. The maximum atomic E-state index is 2.44. The highest BCUT2D eigenvalue weighted by molar-refractivity contribution is 6.15. The summed E-state index contributed by atoms with van der Waals surface area (Å²) < 4.78 is 9.73. The average molecular weight is 1580 g/mol. The van der Waals surface area contributed by atoms with E-state index in [4.69, 9.17) is 0 Å². The minimum Gasteiger partial charge on any atom is -0.309 e. The molecule has 0 atom stereocenters. The lowest BCUT2D eigenvalue weighted by Gasteiger charge is -2.14. The number of rotatable bonds is 14. The standard InChI is InChI=1S/2C60H40N2/c1-4-16-41(17-5-1)44-22-14-23-45(34-44)46-24-15-25-51(36-46)61-57-28-12-10-26-53(57)55-39-47(30-32-59(55)61)48-31-33-60-56(40-48)54-27-11-13-29-58(54)62(60)52-37-49(42-18-6-2-7-19-42)35-50(38-52)43-20-8-3-9-21-43;1-4-17-41(18-5-1)47-35-48(42-19-6-2-7-20-42)38-50(37-47)62-58-30-15-13-28-54(58)56-40-45(32-34-60(56)62)44-31-33-59-55(39-44)53-27-12-14-29-57(53)61(59)49-24-16-23-46(36-49)52-26-11-10-25-51(52)43-21-8-3-9-22-43/h2*1-40H. The molecule has 0 aliphatic heterocycles. The van der Waals surface area contributed by atoms with Crippen LogP contribution >= 0.6 is 0 Å². The second-order valence-corrected chi connectivity index (χ2v) is 32.3. The third-order valence-electron chi connectivity index (χ3n) is 25.0. The van der Waals surface area contributed by atoms with E-state index in [-0.39, 0.29) is 0 Å². The fourth-order valence-corrected chi connectivity index (χ4v) is 19.1. The highest BCUT2D eigenvalue weighted by Gasteiger charge is 2.23. The van der Waals surface area contributed by atoms with Gasteiger partial charge in [0.05, 0.1) is 44.1 Å². The molecule has 0 spiro atoms. The topological polar surface area (TPSA) is 19.7 Å². The summed E-state index contributed by atoms with van der Waals surface area (Å²) in [5, 5.41) is 9.91. The zero-order chi connectivity index (χ0) is 82.0. The Kier molecular flexibility index (Phi) is 18.2. The quantitative estimate of drug-likeness (QED) is 0.103. The van der Waals surface area contributed by atoms with E-state index in [0.29, 0.717) is 0 Å². The second kappa shape index (κ2) is 31.1. The van der Waals surface area contributed by atoms with Crippen LogP contribution in [0, 0.1) is 0 Å². The molecule has 0 aliphatic carbocycles. The summed E-state index contributed by atoms with van der Waals surface area (Å²) >= 11 is 0. The molecule has 4 heteroatoms. The van der Waals surface area contributed by atoms with Crippen LogP contribution in [0.4, 0.5) is 0 Å². The van der Waals surface area contributed by atoms with Crippen LogP contribution in [0.3, 0.4) is 0 Å². The molecule has 0 aliphatic rings. The van der Waals surface area contributed by atoms with Crippen molar-refractivity contribution in [1.82, 2.24) is 18.3 Å². The first-order valence-corrected chi connectivity index (χ1v) is 42.7. The molecule has 0 saturated carbocycles. The number of nitrogens with zero attached hydrogens (tertiary/aromatic N) is 4. The van der Waals surface area contributed by atoms with Crippen LogP contribution in [-0.2, 0) is 0 Å². The van der Waals surface area contributed by atoms with Gasteiger partial charge >= 0.3 is 0 Å². The summed E-state index contributed by atoms with van der Waals surface area (Å²) in [6.45, 7) is 0. The van der Waals surface area contributed by atoms with Crippen molar-refractivity contribution in [3.05, 3.63) is 485 Å². The molecule has 0 radical (unpaired) electrons. The fraction of sp³-hybridized carbons (Fsp3) is 0. The van der Waals surface area contributed by atoms with Gasteiger partial charge in [0.15, 0.2) is 0 Å². The molecular weight excluding hydrogens is 1500 g/mol. The van der Waals surface area contributed by atoms with Gasteiger partial charge in [0.25, 0.3) is 0 Å². The van der Waals surface area contributed by atoms with Gasteiger partial charge in [-0.1, -0.05) is 346 Å². The molecule has 580 valence electrons. The predicted octanol–water partition coefficient (Wildman–Crippen LogP) is 32.4. The van der Waals surface area contributed by atoms with Crippen LogP contribution in [0.25, 0.3) is 221 Å². The van der Waals surface area contributed by atoms with Crippen molar-refractivity contribution in [1.29, 1.82) is 0 Å². The van der Waals surface area contributed by atoms with E-state index < -0.39 is 0 Å². The predicted molar refractivity (Wildman–Crippen MR) is 525 cm³/mol. The Balaban J connectivity index is 0.000000143. The first kappa shape index (κ1) is 72.8. The Morgan fingerprint density at radius 3 is 0.637 bits per heavy atom. The molecule has 0 bridgehead atoms. The summed E-state index contributed by atoms with van der Waals surface area (Å²) in [5.41, 5.74) is 38.2. The Bertz CT molecular complexity index is 8080. The number of para-hydroxylation sites is 4. The molecule has 0 saturated heterocycles. The van der Waals surface area contributed by atoms with Gasteiger partial charge in [0.2, 0.25) is 0 Å². The van der Waals surface area contributed by atoms with E-state index in [1.54, 1.807) is 0 Å². The van der Waals surface area contributed by atoms with Crippen molar-refractivity contribution in [3.63, 3.8) is 0 Å². The maximum absolute atomic E-state index is 2.44. The normalized spacial score (nSPS) is 11.5. The van der Waals surface area contributed by atoms with E-state index in [2.05, 4.69) is 504 Å². The fourth-order valence-electron chi connectivity index (χ4n) is 19.1. The SMILES string of the molecule is c1ccc(-c2cc(-c3ccccc3)cc(-n3c4ccccc4c4cc(-c5ccc6c(c5)c5ccccc5n6-c5cccc(-c6ccccc6-c6ccccc6)c5)ccc43)c2)cc1.c1ccc(-c2cccc(-c3cccc(-n4c5ccccc5c5cc(-c6ccc7c(c6)c6ccccc6n7-c6cc(-c7ccccc7)cc(-c7ccccc7)c6)ccc54)c3)c2)cc1. The summed E-state index contributed by atoms with van der Waals surface area (Å²) in [5.74, 6) is 0. The molecule has 20 aromatic carbocycles. The molecule has 4 heterocycles. The number of aromatic nitrogens is 4. The molecule has 24 aromatic rings. The summed E-state index contributed by atoms with van der Waals surface area (Å²) in [6.07, 6.45) is 0. The monoisotopic (exact) mass is 1580 g/mol. The van der Waals surface area contributed by atoms with Crippen LogP contribution in [0.1, 0.15) is 0 Å². The van der Waals surface area contributed by atoms with Gasteiger partial charge in [-0.3, -0.25) is 0 Å². The number of fused-ring (bicyclic) bond motifs is 12. The minimum absolute atomic E-state index is 1.14. The second-order valence-electron chi connectivity index (χ2n) is 32.3. The van der Waals surface area contributed by atoms with Gasteiger partial charge < -0.3 is 18.3 Å². The number of hydrogen-bond acceptors (Lipinski definition) is 0. The van der Waals surface area contributed by atoms with Gasteiger partial charge in [-0.15, -0.1) is 0 Å². The summed E-state index contributed by atoms with van der Waals surface area (Å²) in [4.78, 5) is 0. The molecule has 0 amide bonds. The molecule has 4 nitrogen and oxygen atoms in total. The van der Waals surface area contributed by atoms with Gasteiger partial charge in [-0.2, -0.15) is 0 Å². The summed E-state index contributed by atoms with van der Waals surface area (Å²) in [6, 6.07) is 177. The van der Waals surface area contributed by atoms with Crippen LogP contribution in [0.5, 0.6) is 0 Å². The molecule has 4 aromatic heterocycles. The first-order chi connectivity index (χ1) is 61.5. The Labute approximate surface area is 719 Å². The third-order valence-corrected chi connectivity index (χ3v) is 25.0. The molecule has 0 N–H and O–H groups in total. The van der Waals surface area contributed by atoms with Crippen molar-refractivity contribution >= 4 is 87.2 Å². The molecule has 124 heavy (non-hydrogen) atoms. The van der Waals surface area contributed by atoms with E-state index in [9.17, 15) is 0 Å². The van der Waals surface area contributed by atoms with Crippen molar-refractivity contribution in [2.75, 3.05) is 0 Å². The Morgan fingerprint density at radius 1 is 0.0968 bits per heavy atom. The molecule has 0 unspecified atom stereocenters. The lowest BCUT2D eigenvalue weighted by molar-refractivity contribution is 1.18. The zero-order valence-electron chi connectivity index (χ0n) is 68.0. The minimum atomic E-state index is 1.14. The number of hydrogen-bond donors (Lipinski definition) is 0. The Morgan fingerprint density at radius 2 is 0.298 bits per heavy atom. The van der Waals surface area contributed by atoms with Crippen molar-refractivity contribution < 1.29 is 0 Å². The highest BCUT2D eigenvalue weighted by atomic mass is 15.0. The molecule has 24 rings (SSSR count). The largest absolute Gasteiger partial charge is 0.309 e. The maximum Gasteiger partial charge on any atom is 0.0541 e. The van der Waals surface area contributed by atoms with Gasteiger partial charge in [-0.25, -0.2) is 0 Å². The van der Waals surface area contributed by atoms with Gasteiger partial charge in [0.1, 0.15) is 0 Å². The van der Waals surface area contributed by atoms with E-state index in [1.807, 2.05) is 0 Å². The lowest BCUT2D eigenvalue weighted by Crippen LogP contribution is -1.96. The number of benzene rings is 20. The van der Waals surface area contributed by atoms with E-state index in [1.165, 1.54) is 198 Å². The van der Waals surface area contributed by atoms with E-state index in [0.717, 1.165) is 22.7 Å². The van der Waals surface area contributed by atoms with Crippen molar-refractivity contribution in [3.8, 4) is 134 Å². The van der Waals surface area contributed by atoms with Crippen LogP contribution in [0.15, 0.2) is 485 Å². The highest BCUT2D eigenvalue weighted by Crippen LogP contribution is 2.45. The van der Waals surface area contributed by atoms with Crippen LogP contribution in [-0.4, -0.2) is 18.3 Å². The molecular formula is C120H80N4. The first-order valence-electron chi connectivity index (χ1n) is 42.7. The zero-order valence-corrected chi connectivity index (χ0v) is 68.0. The van der Waals surface area contributed by atoms with E-state index >= 15 is 0 Å². The molecule has 0 fully saturated rings. The van der Waals surface area contributed by atoms with Crippen molar-refractivity contribution in [2.24, 2.45) is 0 Å². The van der Waals surface area contributed by atoms with Gasteiger partial charge in [0, 0.05) is 65.8 Å². The third kappa shape index (κ3) is 13.1. The van der Waals surface area contributed by atoms with Crippen LogP contribution in [0.2, 0.25) is 0 Å². The smallest absolute Gasteiger partial charge is 0.0541 e. The Hall–Kier alpha value is -16.4. The van der Waals surface area contributed by atoms with Crippen molar-refractivity contribution in [2.45, 2.75) is 0 Å².